The van der Waals surface area contributed by atoms with E-state index in [1.54, 1.807) is 42.5 Å². The van der Waals surface area contributed by atoms with Gasteiger partial charge in [-0.3, -0.25) is 14.2 Å². The number of para-hydroxylation sites is 1. The predicted molar refractivity (Wildman–Crippen MR) is 105 cm³/mol. The minimum atomic E-state index is -0.497. The second-order valence-electron chi connectivity index (χ2n) is 6.12. The van der Waals surface area contributed by atoms with Gasteiger partial charge in [-0.2, -0.15) is 5.26 Å². The molecule has 0 saturated heterocycles. The van der Waals surface area contributed by atoms with Crippen molar-refractivity contribution in [2.75, 3.05) is 14.2 Å². The molecule has 0 radical (unpaired) electrons. The van der Waals surface area contributed by atoms with E-state index in [2.05, 4.69) is 4.98 Å². The number of hydrogen-bond acceptors (Lipinski definition) is 7. The second-order valence-corrected chi connectivity index (χ2v) is 6.12. The summed E-state index contributed by atoms with van der Waals surface area (Å²) in [6, 6.07) is 13.9. The Labute approximate surface area is 166 Å². The lowest BCUT2D eigenvalue weighted by atomic mass is 10.1. The van der Waals surface area contributed by atoms with Crippen LogP contribution in [0, 0.1) is 11.3 Å². The first-order valence-corrected chi connectivity index (χ1v) is 8.79. The number of benzene rings is 2. The topological polar surface area (TPSA) is 103 Å². The van der Waals surface area contributed by atoms with Gasteiger partial charge in [0.25, 0.3) is 5.56 Å². The van der Waals surface area contributed by atoms with Crippen LogP contribution in [0.25, 0.3) is 10.9 Å². The molecule has 0 bridgehead atoms. The average Bonchev–Trinajstić information content (AvgIpc) is 2.74. The fourth-order valence-corrected chi connectivity index (χ4v) is 2.91. The van der Waals surface area contributed by atoms with Gasteiger partial charge < -0.3 is 14.2 Å². The molecule has 1 heterocycles. The summed E-state index contributed by atoms with van der Waals surface area (Å²) in [5.41, 5.74) is 0.828. The molecule has 0 aliphatic carbocycles. The molecule has 2 aromatic carbocycles. The molecule has 1 aromatic heterocycles. The standard InChI is InChI=1S/C21H19N3O5/c1-27-17-8-7-14(11-18(17)28-2)12-20(25)29-13-19-23-16-6-4-3-5-15(16)21(26)24(19)10-9-22/h3-8,11H,10,12-13H2,1-2H3. The maximum absolute atomic E-state index is 12.6. The molecule has 8 heteroatoms. The summed E-state index contributed by atoms with van der Waals surface area (Å²) < 4.78 is 16.9. The smallest absolute Gasteiger partial charge is 0.310 e. The molecule has 0 saturated carbocycles. The van der Waals surface area contributed by atoms with E-state index in [0.717, 1.165) is 0 Å². The Balaban J connectivity index is 1.78. The zero-order chi connectivity index (χ0) is 20.8. The maximum atomic E-state index is 12.6. The van der Waals surface area contributed by atoms with E-state index >= 15 is 0 Å². The Kier molecular flexibility index (Phi) is 6.09. The maximum Gasteiger partial charge on any atom is 0.310 e. The normalized spacial score (nSPS) is 10.4. The van der Waals surface area contributed by atoms with Crippen molar-refractivity contribution in [2.24, 2.45) is 0 Å². The third-order valence-corrected chi connectivity index (χ3v) is 4.33. The summed E-state index contributed by atoms with van der Waals surface area (Å²) in [7, 11) is 3.04. The summed E-state index contributed by atoms with van der Waals surface area (Å²) in [6.45, 7) is -0.396. The molecule has 0 fully saturated rings. The van der Waals surface area contributed by atoms with E-state index in [9.17, 15) is 9.59 Å². The van der Waals surface area contributed by atoms with E-state index in [0.29, 0.717) is 28.0 Å². The monoisotopic (exact) mass is 393 g/mol. The van der Waals surface area contributed by atoms with Crippen molar-refractivity contribution in [1.29, 1.82) is 5.26 Å². The molecule has 0 amide bonds. The number of methoxy groups -OCH3 is 2. The lowest BCUT2D eigenvalue weighted by Gasteiger charge is -2.12. The molecule has 148 valence electrons. The highest BCUT2D eigenvalue weighted by atomic mass is 16.5. The number of rotatable bonds is 7. The Morgan fingerprint density at radius 2 is 1.90 bits per heavy atom. The van der Waals surface area contributed by atoms with E-state index in [1.807, 2.05) is 6.07 Å². The Hall–Kier alpha value is -3.86. The van der Waals surface area contributed by atoms with Crippen LogP contribution in [-0.4, -0.2) is 29.7 Å². The highest BCUT2D eigenvalue weighted by molar-refractivity contribution is 5.77. The molecule has 0 N–H and O–H groups in total. The van der Waals surface area contributed by atoms with Gasteiger partial charge in [-0.15, -0.1) is 0 Å². The van der Waals surface area contributed by atoms with E-state index in [1.165, 1.54) is 18.8 Å². The molecule has 0 spiro atoms. The lowest BCUT2D eigenvalue weighted by molar-refractivity contribution is -0.144. The molecule has 3 rings (SSSR count). The van der Waals surface area contributed by atoms with Crippen molar-refractivity contribution in [3.05, 3.63) is 64.2 Å². The molecule has 3 aromatic rings. The van der Waals surface area contributed by atoms with Crippen LogP contribution in [-0.2, 0) is 29.1 Å². The summed E-state index contributed by atoms with van der Waals surface area (Å²) in [5.74, 6) is 0.793. The van der Waals surface area contributed by atoms with E-state index < -0.39 is 5.97 Å². The molecular formula is C21H19N3O5. The molecular weight excluding hydrogens is 374 g/mol. The first-order chi connectivity index (χ1) is 14.1. The molecule has 0 unspecified atom stereocenters. The first kappa shape index (κ1) is 19.9. The van der Waals surface area contributed by atoms with Gasteiger partial charge in [0.1, 0.15) is 13.2 Å². The zero-order valence-electron chi connectivity index (χ0n) is 16.0. The van der Waals surface area contributed by atoms with Crippen molar-refractivity contribution in [2.45, 2.75) is 19.6 Å². The van der Waals surface area contributed by atoms with Crippen LogP contribution in [0.15, 0.2) is 47.3 Å². The van der Waals surface area contributed by atoms with Crippen molar-refractivity contribution in [3.63, 3.8) is 0 Å². The number of fused-ring (bicyclic) bond motifs is 1. The van der Waals surface area contributed by atoms with Gasteiger partial charge >= 0.3 is 5.97 Å². The van der Waals surface area contributed by atoms with Gasteiger partial charge in [0, 0.05) is 0 Å². The largest absolute Gasteiger partial charge is 0.493 e. The predicted octanol–water partition coefficient (Wildman–Crippen LogP) is 2.22. The van der Waals surface area contributed by atoms with E-state index in [-0.39, 0.29) is 31.0 Å². The van der Waals surface area contributed by atoms with Crippen LogP contribution in [0.1, 0.15) is 11.4 Å². The highest BCUT2D eigenvalue weighted by Crippen LogP contribution is 2.27. The van der Waals surface area contributed by atoms with Gasteiger partial charge in [-0.25, -0.2) is 4.98 Å². The minimum Gasteiger partial charge on any atom is -0.493 e. The highest BCUT2D eigenvalue weighted by Gasteiger charge is 2.14. The Morgan fingerprint density at radius 1 is 1.14 bits per heavy atom. The van der Waals surface area contributed by atoms with Crippen molar-refractivity contribution >= 4 is 16.9 Å². The van der Waals surface area contributed by atoms with Crippen LogP contribution >= 0.6 is 0 Å². The second kappa shape index (κ2) is 8.89. The van der Waals surface area contributed by atoms with Gasteiger partial charge in [-0.05, 0) is 29.8 Å². The van der Waals surface area contributed by atoms with Crippen LogP contribution in [0.2, 0.25) is 0 Å². The number of nitriles is 1. The third kappa shape index (κ3) is 4.35. The molecule has 0 aliphatic rings. The summed E-state index contributed by atoms with van der Waals surface area (Å²) in [6.07, 6.45) is 0.0103. The molecule has 8 nitrogen and oxygen atoms in total. The molecule has 29 heavy (non-hydrogen) atoms. The fourth-order valence-electron chi connectivity index (χ4n) is 2.91. The number of hydrogen-bond donors (Lipinski definition) is 0. The summed E-state index contributed by atoms with van der Waals surface area (Å²) >= 11 is 0. The van der Waals surface area contributed by atoms with E-state index in [4.69, 9.17) is 19.5 Å². The van der Waals surface area contributed by atoms with Crippen LogP contribution in [0.5, 0.6) is 11.5 Å². The number of nitrogens with zero attached hydrogens (tertiary/aromatic N) is 3. The van der Waals surface area contributed by atoms with Gasteiger partial charge in [0.05, 0.1) is 37.6 Å². The quantitative estimate of drug-likeness (QED) is 0.567. The van der Waals surface area contributed by atoms with Crippen LogP contribution in [0.3, 0.4) is 0 Å². The van der Waals surface area contributed by atoms with Crippen molar-refractivity contribution in [1.82, 2.24) is 9.55 Å². The SMILES string of the molecule is COc1ccc(CC(=O)OCc2nc3ccccc3c(=O)n2CC#N)cc1OC. The fraction of sp³-hybridized carbons (Fsp3) is 0.238. The summed E-state index contributed by atoms with van der Waals surface area (Å²) in [4.78, 5) is 29.3. The van der Waals surface area contributed by atoms with Crippen molar-refractivity contribution in [3.8, 4) is 17.6 Å². The summed E-state index contributed by atoms with van der Waals surface area (Å²) in [5, 5.41) is 9.44. The first-order valence-electron chi connectivity index (χ1n) is 8.79. The number of esters is 1. The number of aromatic nitrogens is 2. The van der Waals surface area contributed by atoms with Crippen LogP contribution in [0.4, 0.5) is 0 Å². The minimum absolute atomic E-state index is 0.0103. The lowest BCUT2D eigenvalue weighted by Crippen LogP contribution is -2.26. The Bertz CT molecular complexity index is 1150. The van der Waals surface area contributed by atoms with Crippen molar-refractivity contribution < 1.29 is 19.0 Å². The average molecular weight is 393 g/mol. The molecule has 0 aliphatic heterocycles. The number of carbonyl (C=O) groups is 1. The van der Waals surface area contributed by atoms with Gasteiger partial charge in [-0.1, -0.05) is 18.2 Å². The van der Waals surface area contributed by atoms with Gasteiger partial charge in [0.15, 0.2) is 17.3 Å². The Morgan fingerprint density at radius 3 is 2.62 bits per heavy atom. The number of ether oxygens (including phenoxy) is 3. The third-order valence-electron chi connectivity index (χ3n) is 4.33. The van der Waals surface area contributed by atoms with Gasteiger partial charge in [0.2, 0.25) is 0 Å². The number of carbonyl (C=O) groups excluding carboxylic acids is 1. The molecule has 0 atom stereocenters. The zero-order valence-corrected chi connectivity index (χ0v) is 16.0. The van der Waals surface area contributed by atoms with Crippen LogP contribution < -0.4 is 15.0 Å².